The zero-order valence-corrected chi connectivity index (χ0v) is 14.7. The van der Waals surface area contributed by atoms with Crippen molar-refractivity contribution in [2.45, 2.75) is 44.9 Å². The number of rotatable bonds is 9. The van der Waals surface area contributed by atoms with Crippen molar-refractivity contribution in [1.29, 1.82) is 0 Å². The lowest BCUT2D eigenvalue weighted by Crippen LogP contribution is -2.28. The molecule has 0 aromatic rings. The molecule has 0 aromatic carbocycles. The number of ether oxygens (including phenoxy) is 1. The van der Waals surface area contributed by atoms with Crippen LogP contribution in [0.4, 0.5) is 0 Å². The average Bonchev–Trinajstić information content (AvgIpc) is 2.67. The molecule has 1 saturated heterocycles. The van der Waals surface area contributed by atoms with E-state index in [1.54, 1.807) is 0 Å². The molecule has 2 radical (unpaired) electrons. The minimum absolute atomic E-state index is 0.0592. The maximum absolute atomic E-state index is 11.9. The molecule has 1 aliphatic heterocycles. The van der Waals surface area contributed by atoms with E-state index in [1.165, 1.54) is 0 Å². The minimum atomic E-state index is -4.25. The van der Waals surface area contributed by atoms with Gasteiger partial charge in [-0.1, -0.05) is 13.8 Å². The fourth-order valence-corrected chi connectivity index (χ4v) is 3.51. The summed E-state index contributed by atoms with van der Waals surface area (Å²) in [6, 6.07) is -0.533. The highest BCUT2D eigenvalue weighted by Gasteiger charge is 2.40. The predicted molar refractivity (Wildman–Crippen MR) is 80.8 cm³/mol. The van der Waals surface area contributed by atoms with Crippen LogP contribution in [0.1, 0.15) is 26.7 Å². The summed E-state index contributed by atoms with van der Waals surface area (Å²) in [6.45, 7) is 4.66. The molecule has 0 bridgehead atoms. The van der Waals surface area contributed by atoms with Gasteiger partial charge in [0.25, 0.3) is 0 Å². The Hall–Kier alpha value is 0.285. The van der Waals surface area contributed by atoms with Crippen LogP contribution in [-0.2, 0) is 27.4 Å². The standard InChI is InChI=1S/C11H23BO8P2/c1-8(2)11-9(7-10(12)19-11)20-22(15,16)18-6-4-5-17-21(3,13)14/h8-11H,4-7H2,1-3H3,(H,13,14)(H,15,16). The molecule has 2 N–H and O–H groups in total. The zero-order chi connectivity index (χ0) is 17.0. The Morgan fingerprint density at radius 1 is 1.27 bits per heavy atom. The van der Waals surface area contributed by atoms with E-state index in [0.29, 0.717) is 6.42 Å². The van der Waals surface area contributed by atoms with E-state index < -0.39 is 27.5 Å². The van der Waals surface area contributed by atoms with Crippen LogP contribution in [-0.4, -0.2) is 55.7 Å². The van der Waals surface area contributed by atoms with Crippen LogP contribution < -0.4 is 0 Å². The largest absolute Gasteiger partial charge is 0.472 e. The van der Waals surface area contributed by atoms with Gasteiger partial charge in [0.05, 0.1) is 25.4 Å². The van der Waals surface area contributed by atoms with Gasteiger partial charge in [0.1, 0.15) is 7.85 Å². The Morgan fingerprint density at radius 2 is 1.86 bits per heavy atom. The Balaban J connectivity index is 2.37. The van der Waals surface area contributed by atoms with Crippen molar-refractivity contribution < 1.29 is 37.2 Å². The molecule has 0 aliphatic carbocycles. The molecule has 11 heteroatoms. The Bertz CT molecular complexity index is 440. The van der Waals surface area contributed by atoms with Gasteiger partial charge in [-0.05, 0) is 18.8 Å². The van der Waals surface area contributed by atoms with E-state index in [-0.39, 0.29) is 31.7 Å². The van der Waals surface area contributed by atoms with Gasteiger partial charge in [-0.25, -0.2) is 4.57 Å². The third-order valence-electron chi connectivity index (χ3n) is 2.96. The maximum Gasteiger partial charge on any atom is 0.472 e. The summed E-state index contributed by atoms with van der Waals surface area (Å²) < 4.78 is 42.8. The average molecular weight is 356 g/mol. The van der Waals surface area contributed by atoms with Crippen molar-refractivity contribution in [3.8, 4) is 0 Å². The third-order valence-corrected chi connectivity index (χ3v) is 4.67. The Kier molecular flexibility index (Phi) is 7.76. The number of phosphoric ester groups is 1. The maximum atomic E-state index is 11.9. The van der Waals surface area contributed by atoms with E-state index in [1.807, 2.05) is 13.8 Å². The summed E-state index contributed by atoms with van der Waals surface area (Å²) >= 11 is 0. The van der Waals surface area contributed by atoms with Crippen molar-refractivity contribution in [3.63, 3.8) is 0 Å². The third kappa shape index (κ3) is 7.71. The molecule has 0 saturated carbocycles. The fourth-order valence-electron chi connectivity index (χ4n) is 2.07. The van der Waals surface area contributed by atoms with Crippen LogP contribution in [0.2, 0.25) is 0 Å². The van der Waals surface area contributed by atoms with Gasteiger partial charge >= 0.3 is 15.4 Å². The van der Waals surface area contributed by atoms with E-state index in [0.717, 1.165) is 6.66 Å². The number of hydrogen-bond acceptors (Lipinski definition) is 6. The Morgan fingerprint density at radius 3 is 2.41 bits per heavy atom. The first kappa shape index (κ1) is 20.3. The summed E-state index contributed by atoms with van der Waals surface area (Å²) in [4.78, 5) is 18.6. The molecule has 0 amide bonds. The van der Waals surface area contributed by atoms with Crippen LogP contribution in [0.5, 0.6) is 0 Å². The van der Waals surface area contributed by atoms with E-state index in [9.17, 15) is 14.0 Å². The van der Waals surface area contributed by atoms with Gasteiger partial charge in [0, 0.05) is 12.7 Å². The second-order valence-electron chi connectivity index (χ2n) is 5.55. The van der Waals surface area contributed by atoms with Crippen LogP contribution in [0.3, 0.4) is 0 Å². The van der Waals surface area contributed by atoms with Crippen molar-refractivity contribution >= 4 is 23.3 Å². The highest BCUT2D eigenvalue weighted by molar-refractivity contribution is 7.51. The van der Waals surface area contributed by atoms with Gasteiger partial charge in [-0.15, -0.1) is 0 Å². The zero-order valence-electron chi connectivity index (χ0n) is 13.0. The van der Waals surface area contributed by atoms with Crippen LogP contribution in [0.25, 0.3) is 0 Å². The highest BCUT2D eigenvalue weighted by Crippen LogP contribution is 2.48. The molecular weight excluding hydrogens is 333 g/mol. The minimum Gasteiger partial charge on any atom is -0.382 e. The topological polar surface area (TPSA) is 112 Å². The van der Waals surface area contributed by atoms with Crippen molar-refractivity contribution in [2.24, 2.45) is 5.92 Å². The summed E-state index contributed by atoms with van der Waals surface area (Å²) in [5.74, 6) is 0.0789. The molecule has 1 aliphatic rings. The van der Waals surface area contributed by atoms with Gasteiger partial charge in [0.15, 0.2) is 0 Å². The summed E-state index contributed by atoms with van der Waals surface area (Å²) in [7, 11) is -2.12. The predicted octanol–water partition coefficient (Wildman–Crippen LogP) is 1.65. The smallest absolute Gasteiger partial charge is 0.382 e. The summed E-state index contributed by atoms with van der Waals surface area (Å²) in [6.07, 6.45) is -0.498. The number of hydrogen-bond donors (Lipinski definition) is 2. The lowest BCUT2D eigenvalue weighted by Gasteiger charge is -2.24. The Labute approximate surface area is 132 Å². The van der Waals surface area contributed by atoms with Crippen molar-refractivity contribution in [1.82, 2.24) is 0 Å². The van der Waals surface area contributed by atoms with E-state index >= 15 is 0 Å². The van der Waals surface area contributed by atoms with E-state index in [2.05, 4.69) is 4.52 Å². The molecule has 8 nitrogen and oxygen atoms in total. The normalized spacial score (nSPS) is 31.1. The molecule has 0 spiro atoms. The molecule has 22 heavy (non-hydrogen) atoms. The lowest BCUT2D eigenvalue weighted by atomic mass is 9.94. The van der Waals surface area contributed by atoms with Crippen LogP contribution >= 0.6 is 15.4 Å². The second kappa shape index (κ2) is 8.40. The molecule has 1 fully saturated rings. The summed E-state index contributed by atoms with van der Waals surface area (Å²) in [5.41, 5.74) is 0. The molecule has 5 atom stereocenters. The molecular formula is C11H23BO8P2. The van der Waals surface area contributed by atoms with Gasteiger partial charge in [-0.2, -0.15) is 0 Å². The highest BCUT2D eigenvalue weighted by atomic mass is 31.2. The first-order chi connectivity index (χ1) is 10.0. The van der Waals surface area contributed by atoms with Crippen LogP contribution in [0, 0.1) is 5.92 Å². The first-order valence-corrected chi connectivity index (χ1v) is 10.5. The monoisotopic (exact) mass is 356 g/mol. The molecule has 1 heterocycles. The van der Waals surface area contributed by atoms with Gasteiger partial charge in [0.2, 0.25) is 0 Å². The fraction of sp³-hybridized carbons (Fsp3) is 1.00. The van der Waals surface area contributed by atoms with Gasteiger partial charge < -0.3 is 19.0 Å². The van der Waals surface area contributed by atoms with Crippen molar-refractivity contribution in [3.05, 3.63) is 0 Å². The first-order valence-electron chi connectivity index (χ1n) is 7.02. The molecule has 128 valence electrons. The van der Waals surface area contributed by atoms with E-state index in [4.69, 9.17) is 26.5 Å². The molecule has 1 rings (SSSR count). The second-order valence-corrected chi connectivity index (χ2v) is 8.82. The quantitative estimate of drug-likeness (QED) is 0.364. The van der Waals surface area contributed by atoms with Gasteiger partial charge in [-0.3, -0.25) is 13.6 Å². The van der Waals surface area contributed by atoms with Crippen molar-refractivity contribution in [2.75, 3.05) is 19.9 Å². The van der Waals surface area contributed by atoms with Crippen LogP contribution in [0.15, 0.2) is 0 Å². The summed E-state index contributed by atoms with van der Waals surface area (Å²) in [5, 5.41) is 0. The number of phosphoric acid groups is 1. The SMILES string of the molecule is [B]C1CC(OP(=O)(O)OCCCOP(C)(=O)O)C(C(C)C)O1. The lowest BCUT2D eigenvalue weighted by molar-refractivity contribution is -0.00174. The molecule has 0 aromatic heterocycles. The molecule has 5 unspecified atom stereocenters.